The molecule has 2 N–H and O–H groups in total. The second-order valence-electron chi connectivity index (χ2n) is 4.53. The maximum absolute atomic E-state index is 13.8. The molecule has 0 aliphatic carbocycles. The molecule has 112 valence electrons. The third-order valence-electron chi connectivity index (χ3n) is 3.08. The Bertz CT molecular complexity index is 619. The first kappa shape index (κ1) is 15.6. The topological polar surface area (TPSA) is 44.5 Å². The fraction of sp³-hybridized carbons (Fsp3) is 0.250. The van der Waals surface area contributed by atoms with Crippen molar-refractivity contribution in [3.63, 3.8) is 0 Å². The Morgan fingerprint density at radius 1 is 1.19 bits per heavy atom. The summed E-state index contributed by atoms with van der Waals surface area (Å²) in [7, 11) is 1.56. The summed E-state index contributed by atoms with van der Waals surface area (Å²) in [6.07, 6.45) is 0.742. The fourth-order valence-corrected chi connectivity index (χ4v) is 2.17. The number of hydrogen-bond donors (Lipinski definition) is 1. The molecule has 0 amide bonds. The van der Waals surface area contributed by atoms with Gasteiger partial charge in [0, 0.05) is 5.56 Å². The average molecular weight is 310 g/mol. The van der Waals surface area contributed by atoms with Crippen molar-refractivity contribution < 1.29 is 13.9 Å². The van der Waals surface area contributed by atoms with E-state index in [4.69, 9.17) is 26.8 Å². The van der Waals surface area contributed by atoms with Gasteiger partial charge in [0.1, 0.15) is 12.4 Å². The number of ether oxygens (including phenoxy) is 2. The van der Waals surface area contributed by atoms with Gasteiger partial charge in [-0.05, 0) is 36.7 Å². The smallest absolute Gasteiger partial charge is 0.161 e. The van der Waals surface area contributed by atoms with Crippen LogP contribution >= 0.6 is 11.6 Å². The second kappa shape index (κ2) is 7.29. The normalized spacial score (nSPS) is 10.5. The lowest BCUT2D eigenvalue weighted by molar-refractivity contribution is 0.279. The third kappa shape index (κ3) is 3.86. The summed E-state index contributed by atoms with van der Waals surface area (Å²) in [5, 5.41) is 0.0833. The van der Waals surface area contributed by atoms with E-state index in [1.165, 1.54) is 6.07 Å². The highest BCUT2D eigenvalue weighted by Gasteiger charge is 2.10. The first-order chi connectivity index (χ1) is 10.2. The lowest BCUT2D eigenvalue weighted by Gasteiger charge is -2.13. The van der Waals surface area contributed by atoms with Gasteiger partial charge in [-0.1, -0.05) is 29.8 Å². The van der Waals surface area contributed by atoms with Gasteiger partial charge in [-0.3, -0.25) is 0 Å². The molecule has 0 saturated carbocycles. The Morgan fingerprint density at radius 3 is 2.71 bits per heavy atom. The first-order valence-electron chi connectivity index (χ1n) is 6.58. The van der Waals surface area contributed by atoms with E-state index >= 15 is 0 Å². The van der Waals surface area contributed by atoms with Crippen molar-refractivity contribution in [1.82, 2.24) is 0 Å². The second-order valence-corrected chi connectivity index (χ2v) is 4.93. The summed E-state index contributed by atoms with van der Waals surface area (Å²) in [6, 6.07) is 10.4. The van der Waals surface area contributed by atoms with E-state index in [9.17, 15) is 4.39 Å². The fourth-order valence-electron chi connectivity index (χ4n) is 1.97. The zero-order valence-corrected chi connectivity index (χ0v) is 12.5. The predicted molar refractivity (Wildman–Crippen MR) is 81.5 cm³/mol. The lowest BCUT2D eigenvalue weighted by Crippen LogP contribution is -2.04. The van der Waals surface area contributed by atoms with E-state index in [-0.39, 0.29) is 11.6 Å². The van der Waals surface area contributed by atoms with Gasteiger partial charge in [0.15, 0.2) is 11.5 Å². The number of methoxy groups -OCH3 is 1. The summed E-state index contributed by atoms with van der Waals surface area (Å²) < 4.78 is 24.7. The minimum absolute atomic E-state index is 0.0782. The molecule has 21 heavy (non-hydrogen) atoms. The molecule has 0 aliphatic rings. The monoisotopic (exact) mass is 309 g/mol. The van der Waals surface area contributed by atoms with E-state index in [1.54, 1.807) is 19.2 Å². The molecular weight excluding hydrogens is 293 g/mol. The Morgan fingerprint density at radius 2 is 2.00 bits per heavy atom. The van der Waals surface area contributed by atoms with Gasteiger partial charge in [0.25, 0.3) is 0 Å². The number of nitrogens with two attached hydrogens (primary N) is 1. The van der Waals surface area contributed by atoms with Crippen LogP contribution in [0.1, 0.15) is 11.1 Å². The van der Waals surface area contributed by atoms with Crippen LogP contribution in [0.2, 0.25) is 5.02 Å². The number of hydrogen-bond acceptors (Lipinski definition) is 3. The van der Waals surface area contributed by atoms with Gasteiger partial charge in [-0.2, -0.15) is 0 Å². The van der Waals surface area contributed by atoms with Gasteiger partial charge < -0.3 is 15.2 Å². The average Bonchev–Trinajstić information content (AvgIpc) is 2.49. The van der Waals surface area contributed by atoms with Crippen LogP contribution in [0.3, 0.4) is 0 Å². The first-order valence-corrected chi connectivity index (χ1v) is 6.96. The Balaban J connectivity index is 2.18. The summed E-state index contributed by atoms with van der Waals surface area (Å²) in [5.41, 5.74) is 6.98. The molecule has 0 spiro atoms. The van der Waals surface area contributed by atoms with Gasteiger partial charge >= 0.3 is 0 Å². The zero-order valence-electron chi connectivity index (χ0n) is 11.7. The molecule has 0 saturated heterocycles. The Kier molecular flexibility index (Phi) is 5.42. The highest BCUT2D eigenvalue weighted by Crippen LogP contribution is 2.29. The molecule has 5 heteroatoms. The summed E-state index contributed by atoms with van der Waals surface area (Å²) in [5.74, 6) is 0.692. The third-order valence-corrected chi connectivity index (χ3v) is 3.37. The van der Waals surface area contributed by atoms with Gasteiger partial charge in [0.2, 0.25) is 0 Å². The quantitative estimate of drug-likeness (QED) is 0.887. The molecule has 0 atom stereocenters. The van der Waals surface area contributed by atoms with E-state index in [0.29, 0.717) is 23.6 Å². The van der Waals surface area contributed by atoms with Gasteiger partial charge in [-0.15, -0.1) is 0 Å². The summed E-state index contributed by atoms with van der Waals surface area (Å²) >= 11 is 5.75. The van der Waals surface area contributed by atoms with Crippen molar-refractivity contribution in [3.05, 3.63) is 58.4 Å². The molecule has 0 aromatic heterocycles. The highest BCUT2D eigenvalue weighted by atomic mass is 35.5. The predicted octanol–water partition coefficient (Wildman–Crippen LogP) is 3.57. The molecule has 2 aromatic carbocycles. The van der Waals surface area contributed by atoms with Crippen molar-refractivity contribution in [2.45, 2.75) is 13.0 Å². The number of halogens is 2. The molecule has 2 rings (SSSR count). The molecular formula is C16H17ClFNO2. The van der Waals surface area contributed by atoms with Crippen LogP contribution in [0, 0.1) is 5.82 Å². The Labute approximate surface area is 128 Å². The molecule has 0 bridgehead atoms. The molecule has 0 unspecified atom stereocenters. The minimum atomic E-state index is -0.462. The van der Waals surface area contributed by atoms with Crippen molar-refractivity contribution >= 4 is 11.6 Å². The Hall–Kier alpha value is -1.78. The van der Waals surface area contributed by atoms with Crippen LogP contribution < -0.4 is 15.2 Å². The van der Waals surface area contributed by atoms with Gasteiger partial charge in [-0.25, -0.2) is 4.39 Å². The van der Waals surface area contributed by atoms with Crippen molar-refractivity contribution in [3.8, 4) is 11.5 Å². The standard InChI is InChI=1S/C16H17ClFNO2/c1-20-14-6-5-11(7-8-19)9-15(14)21-10-12-3-2-4-13(17)16(12)18/h2-6,9H,7-8,10,19H2,1H3. The van der Waals surface area contributed by atoms with Crippen LogP contribution in [0.4, 0.5) is 4.39 Å². The van der Waals surface area contributed by atoms with Crippen molar-refractivity contribution in [1.29, 1.82) is 0 Å². The van der Waals surface area contributed by atoms with E-state index in [1.807, 2.05) is 18.2 Å². The number of rotatable bonds is 6. The summed E-state index contributed by atoms with van der Waals surface area (Å²) in [4.78, 5) is 0. The molecule has 2 aromatic rings. The lowest BCUT2D eigenvalue weighted by atomic mass is 10.1. The molecule has 0 radical (unpaired) electrons. The van der Waals surface area contributed by atoms with Crippen molar-refractivity contribution in [2.24, 2.45) is 5.73 Å². The largest absolute Gasteiger partial charge is 0.493 e. The molecule has 0 aliphatic heterocycles. The molecule has 0 fully saturated rings. The maximum atomic E-state index is 13.8. The van der Waals surface area contributed by atoms with Crippen LogP contribution in [0.5, 0.6) is 11.5 Å². The van der Waals surface area contributed by atoms with Crippen LogP contribution in [0.15, 0.2) is 36.4 Å². The van der Waals surface area contributed by atoms with Gasteiger partial charge in [0.05, 0.1) is 12.1 Å². The highest BCUT2D eigenvalue weighted by molar-refractivity contribution is 6.30. The van der Waals surface area contributed by atoms with Crippen LogP contribution in [-0.4, -0.2) is 13.7 Å². The summed E-state index contributed by atoms with van der Waals surface area (Å²) in [6.45, 7) is 0.628. The minimum Gasteiger partial charge on any atom is -0.493 e. The van der Waals surface area contributed by atoms with Crippen molar-refractivity contribution in [2.75, 3.05) is 13.7 Å². The maximum Gasteiger partial charge on any atom is 0.161 e. The van der Waals surface area contributed by atoms with E-state index in [0.717, 1.165) is 12.0 Å². The molecule has 0 heterocycles. The van der Waals surface area contributed by atoms with E-state index in [2.05, 4.69) is 0 Å². The molecule has 3 nitrogen and oxygen atoms in total. The zero-order chi connectivity index (χ0) is 15.2. The SMILES string of the molecule is COc1ccc(CCN)cc1OCc1cccc(Cl)c1F. The number of benzene rings is 2. The van der Waals surface area contributed by atoms with Crippen LogP contribution in [-0.2, 0) is 13.0 Å². The van der Waals surface area contributed by atoms with Crippen LogP contribution in [0.25, 0.3) is 0 Å². The van der Waals surface area contributed by atoms with E-state index < -0.39 is 5.82 Å².